The highest BCUT2D eigenvalue weighted by atomic mass is 32.2. The summed E-state index contributed by atoms with van der Waals surface area (Å²) in [5, 5.41) is 2.32. The van der Waals surface area contributed by atoms with E-state index in [1.807, 2.05) is 0 Å². The summed E-state index contributed by atoms with van der Waals surface area (Å²) in [5.74, 6) is -1.35. The molecule has 2 aromatic rings. The van der Waals surface area contributed by atoms with Gasteiger partial charge in [-0.25, -0.2) is 8.42 Å². The third-order valence-electron chi connectivity index (χ3n) is 3.92. The Morgan fingerprint density at radius 1 is 1.21 bits per heavy atom. The number of carbonyl (C=O) groups is 1. The van der Waals surface area contributed by atoms with Crippen molar-refractivity contribution < 1.29 is 31.1 Å². The molecule has 0 saturated carbocycles. The van der Waals surface area contributed by atoms with Crippen molar-refractivity contribution in [3.05, 3.63) is 42.2 Å². The van der Waals surface area contributed by atoms with Gasteiger partial charge < -0.3 is 14.6 Å². The minimum absolute atomic E-state index is 0.0347. The number of nitrogens with one attached hydrogen (secondary N) is 1. The van der Waals surface area contributed by atoms with Crippen LogP contribution in [0.3, 0.4) is 0 Å². The van der Waals surface area contributed by atoms with Gasteiger partial charge in [-0.05, 0) is 18.2 Å². The average Bonchev–Trinajstić information content (AvgIpc) is 2.99. The highest BCUT2D eigenvalue weighted by Gasteiger charge is 2.32. The fraction of sp³-hybridized carbons (Fsp3) is 0.353. The Kier molecular flexibility index (Phi) is 6.40. The van der Waals surface area contributed by atoms with Crippen LogP contribution in [0.1, 0.15) is 24.3 Å². The number of hydrogen-bond donors (Lipinski definition) is 1. The van der Waals surface area contributed by atoms with Crippen LogP contribution in [-0.4, -0.2) is 42.6 Å². The second kappa shape index (κ2) is 8.23. The summed E-state index contributed by atoms with van der Waals surface area (Å²) >= 11 is 0. The topological polar surface area (TPSA) is 80.6 Å². The molecule has 0 spiro atoms. The number of ether oxygens (including phenoxy) is 1. The third-order valence-corrected chi connectivity index (χ3v) is 5.93. The number of amides is 1. The lowest BCUT2D eigenvalue weighted by Crippen LogP contribution is -2.30. The smallest absolute Gasteiger partial charge is 0.404 e. The molecule has 1 aromatic carbocycles. The maximum atomic E-state index is 12.6. The zero-order valence-electron chi connectivity index (χ0n) is 15.4. The number of benzene rings is 1. The Balaban J connectivity index is 2.32. The number of nitrogens with zero attached hydrogens (tertiary/aromatic N) is 2. The van der Waals surface area contributed by atoms with Gasteiger partial charge in [0.15, 0.2) is 5.75 Å². The second-order valence-electron chi connectivity index (χ2n) is 5.76. The van der Waals surface area contributed by atoms with E-state index < -0.39 is 28.0 Å². The molecule has 1 heterocycles. The summed E-state index contributed by atoms with van der Waals surface area (Å²) < 4.78 is 69.1. The van der Waals surface area contributed by atoms with E-state index in [4.69, 9.17) is 0 Å². The van der Waals surface area contributed by atoms with Gasteiger partial charge in [0, 0.05) is 26.3 Å². The monoisotopic (exact) mass is 419 g/mol. The molecule has 7 nitrogen and oxygen atoms in total. The van der Waals surface area contributed by atoms with E-state index in [1.165, 1.54) is 46.4 Å². The van der Waals surface area contributed by atoms with E-state index in [0.29, 0.717) is 0 Å². The van der Waals surface area contributed by atoms with Crippen molar-refractivity contribution in [1.82, 2.24) is 8.87 Å². The van der Waals surface area contributed by atoms with E-state index in [0.717, 1.165) is 6.07 Å². The minimum atomic E-state index is -4.92. The lowest BCUT2D eigenvalue weighted by molar-refractivity contribution is -0.274. The number of alkyl halides is 3. The maximum Gasteiger partial charge on any atom is 0.573 e. The fourth-order valence-corrected chi connectivity index (χ4v) is 4.11. The van der Waals surface area contributed by atoms with E-state index in [9.17, 15) is 26.4 Å². The quantitative estimate of drug-likeness (QED) is 0.747. The zero-order valence-corrected chi connectivity index (χ0v) is 16.3. The van der Waals surface area contributed by atoms with E-state index in [1.54, 1.807) is 13.8 Å². The summed E-state index contributed by atoms with van der Waals surface area (Å²) in [6, 6.07) is 6.24. The van der Waals surface area contributed by atoms with Crippen molar-refractivity contribution in [2.75, 3.05) is 18.4 Å². The molecule has 0 bridgehead atoms. The highest BCUT2D eigenvalue weighted by molar-refractivity contribution is 7.89. The molecule has 0 aliphatic carbocycles. The number of carbonyl (C=O) groups excluding carboxylic acids is 1. The van der Waals surface area contributed by atoms with Crippen LogP contribution in [-0.2, 0) is 17.1 Å². The maximum absolute atomic E-state index is 12.6. The summed E-state index contributed by atoms with van der Waals surface area (Å²) in [4.78, 5) is 12.4. The molecular formula is C17H20F3N3O4S. The number of para-hydroxylation sites is 2. The van der Waals surface area contributed by atoms with Crippen LogP contribution in [0.4, 0.5) is 18.9 Å². The summed E-state index contributed by atoms with van der Waals surface area (Å²) in [6.45, 7) is 3.90. The molecule has 0 aliphatic heterocycles. The van der Waals surface area contributed by atoms with Crippen LogP contribution in [0.2, 0.25) is 0 Å². The van der Waals surface area contributed by atoms with E-state index in [2.05, 4.69) is 10.1 Å². The minimum Gasteiger partial charge on any atom is -0.404 e. The van der Waals surface area contributed by atoms with Crippen LogP contribution < -0.4 is 10.1 Å². The molecule has 0 saturated heterocycles. The number of hydrogen-bond acceptors (Lipinski definition) is 4. The Labute approximate surface area is 160 Å². The van der Waals surface area contributed by atoms with Crippen LogP contribution in [0.25, 0.3) is 0 Å². The number of anilines is 1. The lowest BCUT2D eigenvalue weighted by Gasteiger charge is -2.17. The van der Waals surface area contributed by atoms with Crippen LogP contribution in [0.5, 0.6) is 5.75 Å². The molecule has 0 unspecified atom stereocenters. The first-order valence-corrected chi connectivity index (χ1v) is 9.76. The Morgan fingerprint density at radius 3 is 2.39 bits per heavy atom. The first-order chi connectivity index (χ1) is 13.0. The molecular weight excluding hydrogens is 399 g/mol. The summed E-state index contributed by atoms with van der Waals surface area (Å²) in [5.41, 5.74) is -0.230. The Hall–Kier alpha value is -2.53. The van der Waals surface area contributed by atoms with Gasteiger partial charge in [0.1, 0.15) is 10.6 Å². The van der Waals surface area contributed by atoms with Gasteiger partial charge in [0.05, 0.1) is 5.69 Å². The van der Waals surface area contributed by atoms with Gasteiger partial charge in [-0.2, -0.15) is 4.31 Å². The van der Waals surface area contributed by atoms with Crippen LogP contribution >= 0.6 is 0 Å². The van der Waals surface area contributed by atoms with Gasteiger partial charge in [0.2, 0.25) is 10.0 Å². The Bertz CT molecular complexity index is 951. The van der Waals surface area contributed by atoms with Gasteiger partial charge in [-0.1, -0.05) is 26.0 Å². The van der Waals surface area contributed by atoms with Crippen molar-refractivity contribution in [3.63, 3.8) is 0 Å². The predicted octanol–water partition coefficient (Wildman–Crippen LogP) is 3.21. The number of halogens is 3. The first-order valence-electron chi connectivity index (χ1n) is 8.32. The van der Waals surface area contributed by atoms with Crippen molar-refractivity contribution in [1.29, 1.82) is 0 Å². The molecule has 1 amide bonds. The SMILES string of the molecule is CCN(CC)S(=O)(=O)c1cc(C(=O)Nc2ccccc2OC(F)(F)F)n(C)c1. The number of sulfonamides is 1. The van der Waals surface area contributed by atoms with Crippen molar-refractivity contribution in [3.8, 4) is 5.75 Å². The number of rotatable bonds is 7. The van der Waals surface area contributed by atoms with E-state index in [-0.39, 0.29) is 29.4 Å². The molecule has 28 heavy (non-hydrogen) atoms. The molecule has 0 fully saturated rings. The van der Waals surface area contributed by atoms with Gasteiger partial charge in [-0.15, -0.1) is 13.2 Å². The molecule has 0 aliphatic rings. The zero-order chi connectivity index (χ0) is 21.1. The first kappa shape index (κ1) is 21.8. The lowest BCUT2D eigenvalue weighted by atomic mass is 10.3. The van der Waals surface area contributed by atoms with Gasteiger partial charge >= 0.3 is 6.36 Å². The van der Waals surface area contributed by atoms with Crippen molar-refractivity contribution in [2.45, 2.75) is 25.1 Å². The van der Waals surface area contributed by atoms with E-state index >= 15 is 0 Å². The molecule has 1 N–H and O–H groups in total. The standard InChI is InChI=1S/C17H20F3N3O4S/c1-4-23(5-2)28(25,26)12-10-14(22(3)11-12)16(24)21-13-8-6-7-9-15(13)27-17(18,19)20/h6-11H,4-5H2,1-3H3,(H,21,24). The van der Waals surface area contributed by atoms with Crippen molar-refractivity contribution in [2.24, 2.45) is 7.05 Å². The molecule has 2 rings (SSSR count). The van der Waals surface area contributed by atoms with Gasteiger partial charge in [-0.3, -0.25) is 4.79 Å². The normalized spacial score (nSPS) is 12.2. The van der Waals surface area contributed by atoms with Gasteiger partial charge in [0.25, 0.3) is 5.91 Å². The molecule has 0 radical (unpaired) electrons. The number of aryl methyl sites for hydroxylation is 1. The third kappa shape index (κ3) is 4.84. The van der Waals surface area contributed by atoms with Crippen LogP contribution in [0.15, 0.2) is 41.4 Å². The predicted molar refractivity (Wildman–Crippen MR) is 96.6 cm³/mol. The summed E-state index contributed by atoms with van der Waals surface area (Å²) in [6.07, 6.45) is -3.64. The molecule has 1 aromatic heterocycles. The highest BCUT2D eigenvalue weighted by Crippen LogP contribution is 2.30. The molecule has 11 heteroatoms. The second-order valence-corrected chi connectivity index (χ2v) is 7.70. The molecule has 154 valence electrons. The molecule has 0 atom stereocenters. The fourth-order valence-electron chi connectivity index (χ4n) is 2.58. The van der Waals surface area contributed by atoms with Crippen molar-refractivity contribution >= 4 is 21.6 Å². The average molecular weight is 419 g/mol. The Morgan fingerprint density at radius 2 is 1.82 bits per heavy atom. The summed E-state index contributed by atoms with van der Waals surface area (Å²) in [7, 11) is -2.32. The largest absolute Gasteiger partial charge is 0.573 e. The van der Waals surface area contributed by atoms with Crippen LogP contribution in [0, 0.1) is 0 Å². The number of aromatic nitrogens is 1.